The Bertz CT molecular complexity index is 1330. The number of nitrogens with zero attached hydrogens (tertiary/aromatic N) is 2. The number of likely N-dealkylation sites (tertiary alicyclic amines) is 1. The zero-order chi connectivity index (χ0) is 28.6. The van der Waals surface area contributed by atoms with E-state index in [-0.39, 0.29) is 19.4 Å². The van der Waals surface area contributed by atoms with Crippen LogP contribution in [0.25, 0.3) is 10.9 Å². The number of aromatic nitrogens is 3. The first-order chi connectivity index (χ1) is 19.3. The van der Waals surface area contributed by atoms with Crippen molar-refractivity contribution < 1.29 is 24.3 Å². The minimum atomic E-state index is -1.08. The van der Waals surface area contributed by atoms with Gasteiger partial charge in [-0.1, -0.05) is 18.2 Å². The molecular weight excluding hydrogens is 534 g/mol. The van der Waals surface area contributed by atoms with Crippen molar-refractivity contribution in [2.75, 3.05) is 18.6 Å². The Hall–Kier alpha value is -3.84. The lowest BCUT2D eigenvalue weighted by Gasteiger charge is -2.29. The molecule has 0 spiro atoms. The SMILES string of the molecule is CSCCC(N)C(=O)NC(Cc1cnc[nH]1)C(=O)NC(Cc1c[nH]c2ccccc12)C(=O)N1CCCC1C(=O)O. The Balaban J connectivity index is 1.59. The van der Waals surface area contributed by atoms with E-state index in [1.807, 2.05) is 30.5 Å². The highest BCUT2D eigenvalue weighted by Gasteiger charge is 2.38. The first-order valence-electron chi connectivity index (χ1n) is 13.2. The van der Waals surface area contributed by atoms with Crippen LogP contribution in [0.1, 0.15) is 30.5 Å². The molecule has 3 heterocycles. The van der Waals surface area contributed by atoms with Gasteiger partial charge in [0.2, 0.25) is 17.7 Å². The van der Waals surface area contributed by atoms with Gasteiger partial charge in [-0.05, 0) is 42.9 Å². The van der Waals surface area contributed by atoms with Gasteiger partial charge < -0.3 is 36.3 Å². The molecule has 3 aromatic rings. The number of carbonyl (C=O) groups is 4. The number of benzene rings is 1. The van der Waals surface area contributed by atoms with Gasteiger partial charge in [-0.2, -0.15) is 11.8 Å². The monoisotopic (exact) mass is 569 g/mol. The zero-order valence-corrected chi connectivity index (χ0v) is 23.1. The molecule has 0 saturated carbocycles. The third kappa shape index (κ3) is 7.02. The number of para-hydroxylation sites is 1. The summed E-state index contributed by atoms with van der Waals surface area (Å²) in [6, 6.07) is 3.74. The van der Waals surface area contributed by atoms with Gasteiger partial charge in [-0.25, -0.2) is 9.78 Å². The van der Waals surface area contributed by atoms with Crippen molar-refractivity contribution in [2.24, 2.45) is 5.73 Å². The molecule has 13 heteroatoms. The second-order valence-corrected chi connectivity index (χ2v) is 10.9. The molecule has 1 saturated heterocycles. The molecule has 3 amide bonds. The normalized spacial score (nSPS) is 17.4. The lowest BCUT2D eigenvalue weighted by molar-refractivity contribution is -0.149. The standard InChI is InChI=1S/C27H35N7O5S/c1-40-10-8-19(28)24(35)32-21(12-17-14-29-15-31-17)25(36)33-22(26(37)34-9-4-7-23(34)27(38)39)11-16-13-30-20-6-3-2-5-18(16)20/h2-3,5-6,13-15,19,21-23,30H,4,7-12,28H2,1H3,(H,29,31)(H,32,35)(H,33,36)(H,38,39). The first kappa shape index (κ1) is 29.2. The Labute approximate surface area is 235 Å². The fourth-order valence-corrected chi connectivity index (χ4v) is 5.45. The number of hydrogen-bond donors (Lipinski definition) is 6. The Morgan fingerprint density at radius 1 is 1.15 bits per heavy atom. The van der Waals surface area contributed by atoms with E-state index in [1.54, 1.807) is 24.2 Å². The van der Waals surface area contributed by atoms with Crippen LogP contribution in [-0.2, 0) is 32.0 Å². The second kappa shape index (κ2) is 13.5. The molecule has 40 heavy (non-hydrogen) atoms. The van der Waals surface area contributed by atoms with Crippen LogP contribution in [0.5, 0.6) is 0 Å². The van der Waals surface area contributed by atoms with Gasteiger partial charge in [0.05, 0.1) is 12.4 Å². The van der Waals surface area contributed by atoms with E-state index >= 15 is 0 Å². The maximum absolute atomic E-state index is 13.8. The third-order valence-corrected chi connectivity index (χ3v) is 7.76. The average Bonchev–Trinajstić information content (AvgIpc) is 3.72. The smallest absolute Gasteiger partial charge is 0.326 e. The molecule has 7 N–H and O–H groups in total. The number of imidazole rings is 1. The van der Waals surface area contributed by atoms with E-state index < -0.39 is 47.9 Å². The minimum absolute atomic E-state index is 0.0995. The van der Waals surface area contributed by atoms with Crippen LogP contribution < -0.4 is 16.4 Å². The summed E-state index contributed by atoms with van der Waals surface area (Å²) in [6.07, 6.45) is 8.31. The molecule has 1 aliphatic heterocycles. The fourth-order valence-electron chi connectivity index (χ4n) is 4.96. The summed E-state index contributed by atoms with van der Waals surface area (Å²) in [5, 5.41) is 16.1. The number of hydrogen-bond acceptors (Lipinski definition) is 7. The van der Waals surface area contributed by atoms with Gasteiger partial charge in [-0.15, -0.1) is 0 Å². The number of aromatic amines is 2. The van der Waals surface area contributed by atoms with Crippen LogP contribution in [0.2, 0.25) is 0 Å². The lowest BCUT2D eigenvalue weighted by Crippen LogP contribution is -2.58. The largest absolute Gasteiger partial charge is 0.480 e. The van der Waals surface area contributed by atoms with Crippen LogP contribution in [0.4, 0.5) is 0 Å². The second-order valence-electron chi connectivity index (χ2n) is 9.88. The van der Waals surface area contributed by atoms with Gasteiger partial charge in [-0.3, -0.25) is 14.4 Å². The van der Waals surface area contributed by atoms with Crippen molar-refractivity contribution >= 4 is 46.4 Å². The molecule has 214 valence electrons. The van der Waals surface area contributed by atoms with Crippen LogP contribution in [0.3, 0.4) is 0 Å². The molecule has 4 unspecified atom stereocenters. The summed E-state index contributed by atoms with van der Waals surface area (Å²) in [4.78, 5) is 63.5. The molecule has 4 rings (SSSR count). The van der Waals surface area contributed by atoms with Gasteiger partial charge in [0, 0.05) is 48.4 Å². The van der Waals surface area contributed by atoms with Gasteiger partial charge in [0.15, 0.2) is 0 Å². The maximum Gasteiger partial charge on any atom is 0.326 e. The number of carboxylic acids is 1. The van der Waals surface area contributed by atoms with E-state index in [9.17, 15) is 24.3 Å². The topological polar surface area (TPSA) is 186 Å². The Morgan fingerprint density at radius 3 is 2.65 bits per heavy atom. The van der Waals surface area contributed by atoms with E-state index in [1.165, 1.54) is 11.2 Å². The van der Waals surface area contributed by atoms with Crippen LogP contribution in [-0.4, -0.2) is 91.4 Å². The predicted molar refractivity (Wildman–Crippen MR) is 152 cm³/mol. The highest BCUT2D eigenvalue weighted by Crippen LogP contribution is 2.23. The molecule has 2 aromatic heterocycles. The molecule has 4 atom stereocenters. The number of fused-ring (bicyclic) bond motifs is 1. The van der Waals surface area contributed by atoms with Crippen LogP contribution >= 0.6 is 11.8 Å². The molecular formula is C27H35N7O5S. The number of H-pyrrole nitrogens is 2. The summed E-state index contributed by atoms with van der Waals surface area (Å²) in [5.74, 6) is -1.92. The fraction of sp³-hybridized carbons (Fsp3) is 0.444. The molecule has 0 bridgehead atoms. The van der Waals surface area contributed by atoms with E-state index in [2.05, 4.69) is 25.6 Å². The zero-order valence-electron chi connectivity index (χ0n) is 22.3. The lowest BCUT2D eigenvalue weighted by atomic mass is 10.0. The van der Waals surface area contributed by atoms with Gasteiger partial charge >= 0.3 is 5.97 Å². The third-order valence-electron chi connectivity index (χ3n) is 7.12. The first-order valence-corrected chi connectivity index (χ1v) is 14.6. The molecule has 1 aliphatic rings. The average molecular weight is 570 g/mol. The molecule has 12 nitrogen and oxygen atoms in total. The van der Waals surface area contributed by atoms with Crippen molar-refractivity contribution in [1.29, 1.82) is 0 Å². The van der Waals surface area contributed by atoms with E-state index in [0.717, 1.165) is 16.5 Å². The number of rotatable bonds is 13. The number of nitrogens with one attached hydrogen (secondary N) is 4. The molecule has 0 radical (unpaired) electrons. The number of thioether (sulfide) groups is 1. The van der Waals surface area contributed by atoms with Crippen LogP contribution in [0.15, 0.2) is 43.0 Å². The van der Waals surface area contributed by atoms with E-state index in [0.29, 0.717) is 30.7 Å². The number of amides is 3. The number of carboxylic acid groups (broad SMARTS) is 1. The number of aliphatic carboxylic acids is 1. The van der Waals surface area contributed by atoms with Gasteiger partial charge in [0.1, 0.15) is 18.1 Å². The van der Waals surface area contributed by atoms with Crippen molar-refractivity contribution in [3.63, 3.8) is 0 Å². The Morgan fingerprint density at radius 2 is 1.93 bits per heavy atom. The highest BCUT2D eigenvalue weighted by atomic mass is 32.2. The van der Waals surface area contributed by atoms with Crippen molar-refractivity contribution in [2.45, 2.75) is 56.3 Å². The number of carbonyl (C=O) groups excluding carboxylic acids is 3. The van der Waals surface area contributed by atoms with E-state index in [4.69, 9.17) is 5.73 Å². The summed E-state index contributed by atoms with van der Waals surface area (Å²) in [7, 11) is 0. The summed E-state index contributed by atoms with van der Waals surface area (Å²) < 4.78 is 0. The molecule has 1 fully saturated rings. The number of nitrogens with two attached hydrogens (primary N) is 1. The quantitative estimate of drug-likeness (QED) is 0.174. The van der Waals surface area contributed by atoms with Crippen molar-refractivity contribution in [1.82, 2.24) is 30.5 Å². The summed E-state index contributed by atoms with van der Waals surface area (Å²) >= 11 is 1.57. The maximum atomic E-state index is 13.8. The summed E-state index contributed by atoms with van der Waals surface area (Å²) in [6.45, 7) is 0.286. The highest BCUT2D eigenvalue weighted by molar-refractivity contribution is 7.98. The predicted octanol–water partition coefficient (Wildman–Crippen LogP) is 0.802. The molecule has 1 aromatic carbocycles. The summed E-state index contributed by atoms with van der Waals surface area (Å²) in [5.41, 5.74) is 8.34. The van der Waals surface area contributed by atoms with Crippen LogP contribution in [0, 0.1) is 0 Å². The molecule has 0 aliphatic carbocycles. The van der Waals surface area contributed by atoms with Gasteiger partial charge in [0.25, 0.3) is 0 Å². The van der Waals surface area contributed by atoms with Crippen molar-refractivity contribution in [3.8, 4) is 0 Å². The van der Waals surface area contributed by atoms with Crippen molar-refractivity contribution in [3.05, 3.63) is 54.2 Å². The minimum Gasteiger partial charge on any atom is -0.480 e. The Kier molecular flexibility index (Phi) is 9.83.